The van der Waals surface area contributed by atoms with E-state index < -0.39 is 0 Å². The number of para-hydroxylation sites is 1. The number of hydrogen-bond acceptors (Lipinski definition) is 4. The molecule has 4 rings (SSSR count). The fraction of sp³-hybridized carbons (Fsp3) is 0.222. The lowest BCUT2D eigenvalue weighted by atomic mass is 10.00. The van der Waals surface area contributed by atoms with Crippen LogP contribution in [0.5, 0.6) is 5.75 Å². The molecule has 0 aliphatic rings. The van der Waals surface area contributed by atoms with Crippen LogP contribution in [0.1, 0.15) is 30.5 Å². The molecule has 1 heterocycles. The highest BCUT2D eigenvalue weighted by Crippen LogP contribution is 2.24. The van der Waals surface area contributed by atoms with Gasteiger partial charge in [0.05, 0.1) is 25.0 Å². The molecular formula is C27H28N4O3. The zero-order chi connectivity index (χ0) is 23.9. The Kier molecular flexibility index (Phi) is 7.22. The lowest BCUT2D eigenvalue weighted by Gasteiger charge is -2.16. The fourth-order valence-electron chi connectivity index (χ4n) is 4.04. The third-order valence-electron chi connectivity index (χ3n) is 5.70. The number of aromatic nitrogens is 2. The van der Waals surface area contributed by atoms with Crippen LogP contribution in [0, 0.1) is 0 Å². The van der Waals surface area contributed by atoms with E-state index in [1.165, 1.54) is 4.68 Å². The van der Waals surface area contributed by atoms with Crippen molar-refractivity contribution in [3.8, 4) is 5.75 Å². The number of nitrogens with one attached hydrogen (secondary N) is 2. The number of aryl methyl sites for hydroxylation is 1. The Hall–Kier alpha value is -4.13. The predicted molar refractivity (Wildman–Crippen MR) is 133 cm³/mol. The van der Waals surface area contributed by atoms with Gasteiger partial charge in [0.1, 0.15) is 12.3 Å². The first-order valence-electron chi connectivity index (χ1n) is 11.2. The number of benzene rings is 3. The summed E-state index contributed by atoms with van der Waals surface area (Å²) in [7, 11) is 1.62. The maximum atomic E-state index is 12.6. The van der Waals surface area contributed by atoms with Crippen LogP contribution in [0.2, 0.25) is 0 Å². The van der Waals surface area contributed by atoms with Gasteiger partial charge >= 0.3 is 0 Å². The van der Waals surface area contributed by atoms with Gasteiger partial charge in [0.2, 0.25) is 11.8 Å². The van der Waals surface area contributed by atoms with Gasteiger partial charge in [-0.05, 0) is 41.3 Å². The van der Waals surface area contributed by atoms with Gasteiger partial charge in [0.25, 0.3) is 0 Å². The number of amides is 2. The zero-order valence-electron chi connectivity index (χ0n) is 19.3. The summed E-state index contributed by atoms with van der Waals surface area (Å²) >= 11 is 0. The van der Waals surface area contributed by atoms with Crippen LogP contribution in [0.3, 0.4) is 0 Å². The summed E-state index contributed by atoms with van der Waals surface area (Å²) in [5, 5.41) is 12.3. The molecule has 0 fully saturated rings. The molecule has 0 saturated carbocycles. The zero-order valence-corrected chi connectivity index (χ0v) is 19.3. The van der Waals surface area contributed by atoms with Gasteiger partial charge in [-0.2, -0.15) is 5.10 Å². The maximum Gasteiger partial charge on any atom is 0.242 e. The van der Waals surface area contributed by atoms with Crippen LogP contribution in [0.25, 0.3) is 10.8 Å². The number of fused-ring (bicyclic) bond motifs is 1. The molecular weight excluding hydrogens is 428 g/mol. The minimum Gasteiger partial charge on any atom is -0.496 e. The molecule has 0 saturated heterocycles. The molecule has 7 nitrogen and oxygen atoms in total. The Morgan fingerprint density at radius 1 is 1.00 bits per heavy atom. The average Bonchev–Trinajstić information content (AvgIpc) is 3.28. The van der Waals surface area contributed by atoms with Crippen LogP contribution < -0.4 is 15.4 Å². The van der Waals surface area contributed by atoms with Crippen molar-refractivity contribution in [2.75, 3.05) is 12.4 Å². The normalized spacial score (nSPS) is 11.7. The lowest BCUT2D eigenvalue weighted by Crippen LogP contribution is -2.30. The topological polar surface area (TPSA) is 85.2 Å². The van der Waals surface area contributed by atoms with E-state index in [-0.39, 0.29) is 24.4 Å². The highest BCUT2D eigenvalue weighted by molar-refractivity contribution is 5.90. The smallest absolute Gasteiger partial charge is 0.242 e. The first-order valence-corrected chi connectivity index (χ1v) is 11.2. The molecule has 2 amide bonds. The van der Waals surface area contributed by atoms with E-state index in [1.807, 2.05) is 55.5 Å². The monoisotopic (exact) mass is 456 g/mol. The van der Waals surface area contributed by atoms with Gasteiger partial charge in [0, 0.05) is 12.6 Å². The van der Waals surface area contributed by atoms with Crippen molar-refractivity contribution in [3.05, 3.63) is 90.3 Å². The van der Waals surface area contributed by atoms with Gasteiger partial charge in [-0.3, -0.25) is 14.3 Å². The van der Waals surface area contributed by atoms with Crippen molar-refractivity contribution in [1.29, 1.82) is 0 Å². The summed E-state index contributed by atoms with van der Waals surface area (Å²) in [4.78, 5) is 25.0. The van der Waals surface area contributed by atoms with E-state index in [2.05, 4.69) is 33.9 Å². The molecule has 0 aliphatic heterocycles. The van der Waals surface area contributed by atoms with E-state index in [1.54, 1.807) is 19.5 Å². The molecule has 0 aliphatic carbocycles. The van der Waals surface area contributed by atoms with Crippen molar-refractivity contribution >= 4 is 28.3 Å². The molecule has 0 unspecified atom stereocenters. The van der Waals surface area contributed by atoms with E-state index in [0.717, 1.165) is 27.6 Å². The van der Waals surface area contributed by atoms with Crippen molar-refractivity contribution in [3.63, 3.8) is 0 Å². The highest BCUT2D eigenvalue weighted by Gasteiger charge is 2.14. The number of carbonyl (C=O) groups is 2. The number of rotatable bonds is 9. The van der Waals surface area contributed by atoms with Gasteiger partial charge < -0.3 is 15.4 Å². The van der Waals surface area contributed by atoms with Gasteiger partial charge in [0.15, 0.2) is 0 Å². The summed E-state index contributed by atoms with van der Waals surface area (Å²) < 4.78 is 6.84. The molecule has 7 heteroatoms. The van der Waals surface area contributed by atoms with E-state index >= 15 is 0 Å². The maximum absolute atomic E-state index is 12.6. The van der Waals surface area contributed by atoms with E-state index in [4.69, 9.17) is 4.74 Å². The Labute approximate surface area is 198 Å². The molecule has 1 atom stereocenters. The van der Waals surface area contributed by atoms with E-state index in [0.29, 0.717) is 18.5 Å². The number of methoxy groups -OCH3 is 1. The molecule has 4 aromatic rings. The highest BCUT2D eigenvalue weighted by atomic mass is 16.5. The summed E-state index contributed by atoms with van der Waals surface area (Å²) in [5.41, 5.74) is 2.60. The lowest BCUT2D eigenvalue weighted by molar-refractivity contribution is -0.122. The third kappa shape index (κ3) is 5.61. The molecule has 0 spiro atoms. The average molecular weight is 457 g/mol. The summed E-state index contributed by atoms with van der Waals surface area (Å²) in [6.07, 6.45) is 4.08. The van der Waals surface area contributed by atoms with Crippen LogP contribution in [-0.4, -0.2) is 28.7 Å². The van der Waals surface area contributed by atoms with Gasteiger partial charge in [-0.15, -0.1) is 0 Å². The second-order valence-corrected chi connectivity index (χ2v) is 8.14. The van der Waals surface area contributed by atoms with Crippen molar-refractivity contribution in [1.82, 2.24) is 15.1 Å². The molecule has 2 N–H and O–H groups in total. The largest absolute Gasteiger partial charge is 0.496 e. The van der Waals surface area contributed by atoms with Crippen molar-refractivity contribution < 1.29 is 14.3 Å². The number of ether oxygens (including phenoxy) is 1. The molecule has 0 radical (unpaired) electrons. The minimum absolute atomic E-state index is 0.0617. The number of carbonyl (C=O) groups excluding carboxylic acids is 2. The fourth-order valence-corrected chi connectivity index (χ4v) is 4.04. The second-order valence-electron chi connectivity index (χ2n) is 8.14. The van der Waals surface area contributed by atoms with E-state index in [9.17, 15) is 9.59 Å². The first-order chi connectivity index (χ1) is 16.5. The Bertz CT molecular complexity index is 1290. The SMILES string of the molecule is COc1ccccc1CCC(=O)Nc1cnn(CC(=O)N[C@@H](C)c2cccc3ccccc23)c1. The standard InChI is InChI=1S/C27H28N4O3/c1-19(23-12-7-10-20-8-3-5-11-24(20)23)29-27(33)18-31-17-22(16-28-31)30-26(32)15-14-21-9-4-6-13-25(21)34-2/h3-13,16-17,19H,14-15,18H2,1-2H3,(H,29,33)(H,30,32)/t19-/m0/s1. The van der Waals surface area contributed by atoms with Crippen LogP contribution >= 0.6 is 0 Å². The first kappa shape index (κ1) is 23.0. The second kappa shape index (κ2) is 10.7. The van der Waals surface area contributed by atoms with Gasteiger partial charge in [-0.1, -0.05) is 60.7 Å². The Balaban J connectivity index is 1.30. The summed E-state index contributed by atoms with van der Waals surface area (Å²) in [6.45, 7) is 2.03. The van der Waals surface area contributed by atoms with Crippen LogP contribution in [0.4, 0.5) is 5.69 Å². The molecule has 0 bridgehead atoms. The van der Waals surface area contributed by atoms with Crippen molar-refractivity contribution in [2.45, 2.75) is 32.4 Å². The molecule has 34 heavy (non-hydrogen) atoms. The van der Waals surface area contributed by atoms with Crippen LogP contribution in [0.15, 0.2) is 79.1 Å². The van der Waals surface area contributed by atoms with Gasteiger partial charge in [-0.25, -0.2) is 0 Å². The number of hydrogen-bond donors (Lipinski definition) is 2. The van der Waals surface area contributed by atoms with Crippen molar-refractivity contribution in [2.24, 2.45) is 0 Å². The molecule has 174 valence electrons. The Morgan fingerprint density at radius 3 is 2.62 bits per heavy atom. The minimum atomic E-state index is -0.155. The third-order valence-corrected chi connectivity index (χ3v) is 5.70. The predicted octanol–water partition coefficient (Wildman–Crippen LogP) is 4.49. The molecule has 1 aromatic heterocycles. The number of anilines is 1. The molecule has 3 aromatic carbocycles. The summed E-state index contributed by atoms with van der Waals surface area (Å²) in [6, 6.07) is 21.7. The number of nitrogens with zero attached hydrogens (tertiary/aromatic N) is 2. The summed E-state index contributed by atoms with van der Waals surface area (Å²) in [5.74, 6) is 0.490. The quantitative estimate of drug-likeness (QED) is 0.389. The van der Waals surface area contributed by atoms with Crippen LogP contribution in [-0.2, 0) is 22.6 Å². The Morgan fingerprint density at radius 2 is 1.76 bits per heavy atom.